The summed E-state index contributed by atoms with van der Waals surface area (Å²) in [5.74, 6) is -0.137. The van der Waals surface area contributed by atoms with E-state index in [-0.39, 0.29) is 37.1 Å². The molecular formula is C26H26N2O5. The monoisotopic (exact) mass is 446 g/mol. The van der Waals surface area contributed by atoms with E-state index in [1.54, 1.807) is 25.1 Å². The number of carbonyl (C=O) groups is 3. The van der Waals surface area contributed by atoms with Crippen molar-refractivity contribution in [1.82, 2.24) is 5.32 Å². The molecule has 0 saturated carbocycles. The quantitative estimate of drug-likeness (QED) is 0.388. The summed E-state index contributed by atoms with van der Waals surface area (Å²) in [6, 6.07) is 21.3. The molecule has 170 valence electrons. The van der Waals surface area contributed by atoms with Crippen molar-refractivity contribution in [3.8, 4) is 5.75 Å². The van der Waals surface area contributed by atoms with Crippen molar-refractivity contribution in [3.05, 3.63) is 95.1 Å². The van der Waals surface area contributed by atoms with Crippen LogP contribution >= 0.6 is 0 Å². The van der Waals surface area contributed by atoms with Crippen molar-refractivity contribution in [1.29, 1.82) is 0 Å². The number of ether oxygens (including phenoxy) is 2. The van der Waals surface area contributed by atoms with Gasteiger partial charge in [-0.1, -0.05) is 48.0 Å². The van der Waals surface area contributed by atoms with Crippen LogP contribution in [0.1, 0.15) is 34.0 Å². The molecular weight excluding hydrogens is 420 g/mol. The first kappa shape index (κ1) is 23.5. The third-order valence-corrected chi connectivity index (χ3v) is 4.76. The first-order valence-electron chi connectivity index (χ1n) is 10.6. The average Bonchev–Trinajstić information content (AvgIpc) is 2.79. The van der Waals surface area contributed by atoms with Gasteiger partial charge in [0.05, 0.1) is 13.0 Å². The van der Waals surface area contributed by atoms with Gasteiger partial charge in [-0.3, -0.25) is 9.59 Å². The molecule has 0 spiro atoms. The van der Waals surface area contributed by atoms with E-state index in [4.69, 9.17) is 9.47 Å². The molecule has 0 atom stereocenters. The van der Waals surface area contributed by atoms with Gasteiger partial charge in [0.15, 0.2) is 0 Å². The summed E-state index contributed by atoms with van der Waals surface area (Å²) in [5, 5.41) is 5.77. The van der Waals surface area contributed by atoms with Gasteiger partial charge in [-0.2, -0.15) is 0 Å². The van der Waals surface area contributed by atoms with Crippen LogP contribution in [-0.2, 0) is 22.5 Å². The van der Waals surface area contributed by atoms with Gasteiger partial charge in [0, 0.05) is 17.8 Å². The summed E-state index contributed by atoms with van der Waals surface area (Å²) in [5.41, 5.74) is 3.88. The van der Waals surface area contributed by atoms with Crippen LogP contribution in [0.2, 0.25) is 0 Å². The van der Waals surface area contributed by atoms with Crippen LogP contribution in [0.5, 0.6) is 5.75 Å². The van der Waals surface area contributed by atoms with Gasteiger partial charge in [-0.25, -0.2) is 4.79 Å². The second-order valence-corrected chi connectivity index (χ2v) is 7.36. The Bertz CT molecular complexity index is 1130. The molecule has 0 aliphatic heterocycles. The zero-order valence-corrected chi connectivity index (χ0v) is 18.6. The molecule has 0 saturated heterocycles. The highest BCUT2D eigenvalue weighted by molar-refractivity contribution is 5.95. The maximum Gasteiger partial charge on any atom is 0.513 e. The fraction of sp³-hybridized carbons (Fsp3) is 0.192. The molecule has 33 heavy (non-hydrogen) atoms. The third-order valence-electron chi connectivity index (χ3n) is 4.76. The molecule has 0 radical (unpaired) electrons. The summed E-state index contributed by atoms with van der Waals surface area (Å²) in [4.78, 5) is 36.4. The number of aryl methyl sites for hydroxylation is 1. The number of para-hydroxylation sites is 1. The number of nitrogens with one attached hydrogen (secondary N) is 2. The van der Waals surface area contributed by atoms with E-state index in [9.17, 15) is 14.4 Å². The Morgan fingerprint density at radius 3 is 2.39 bits per heavy atom. The molecule has 3 aromatic carbocycles. The fourth-order valence-electron chi connectivity index (χ4n) is 3.19. The van der Waals surface area contributed by atoms with Crippen molar-refractivity contribution < 1.29 is 23.9 Å². The Balaban J connectivity index is 1.57. The zero-order valence-electron chi connectivity index (χ0n) is 18.6. The first-order chi connectivity index (χ1) is 15.9. The highest BCUT2D eigenvalue weighted by atomic mass is 16.7. The number of rotatable bonds is 8. The van der Waals surface area contributed by atoms with E-state index in [1.165, 1.54) is 12.1 Å². The maximum absolute atomic E-state index is 12.5. The van der Waals surface area contributed by atoms with Crippen LogP contribution < -0.4 is 15.4 Å². The zero-order chi connectivity index (χ0) is 23.6. The number of hydrogen-bond donors (Lipinski definition) is 2. The molecule has 0 aliphatic rings. The fourth-order valence-corrected chi connectivity index (χ4v) is 3.19. The molecule has 2 N–H and O–H groups in total. The Hall–Kier alpha value is -4.13. The van der Waals surface area contributed by atoms with Crippen LogP contribution in [0.4, 0.5) is 10.5 Å². The number of anilines is 1. The molecule has 0 heterocycles. The Labute approximate surface area is 192 Å². The van der Waals surface area contributed by atoms with Crippen molar-refractivity contribution in [2.75, 3.05) is 11.9 Å². The number of amides is 2. The van der Waals surface area contributed by atoms with Crippen LogP contribution in [0.25, 0.3) is 0 Å². The highest BCUT2D eigenvalue weighted by Gasteiger charge is 2.11. The van der Waals surface area contributed by atoms with E-state index >= 15 is 0 Å². The first-order valence-corrected chi connectivity index (χ1v) is 10.6. The lowest BCUT2D eigenvalue weighted by Gasteiger charge is -2.12. The molecule has 7 nitrogen and oxygen atoms in total. The van der Waals surface area contributed by atoms with Crippen molar-refractivity contribution in [3.63, 3.8) is 0 Å². The minimum Gasteiger partial charge on any atom is -0.434 e. The minimum absolute atomic E-state index is 0.128. The van der Waals surface area contributed by atoms with E-state index in [2.05, 4.69) is 10.6 Å². The molecule has 7 heteroatoms. The largest absolute Gasteiger partial charge is 0.513 e. The van der Waals surface area contributed by atoms with Crippen LogP contribution in [-0.4, -0.2) is 24.6 Å². The maximum atomic E-state index is 12.5. The predicted molar refractivity (Wildman–Crippen MR) is 125 cm³/mol. The lowest BCUT2D eigenvalue weighted by Crippen LogP contribution is -2.24. The molecule has 3 aromatic rings. The van der Waals surface area contributed by atoms with E-state index in [0.717, 1.165) is 16.7 Å². The number of carbonyl (C=O) groups excluding carboxylic acids is 3. The lowest BCUT2D eigenvalue weighted by molar-refractivity contribution is -0.115. The summed E-state index contributed by atoms with van der Waals surface area (Å²) < 4.78 is 9.71. The minimum atomic E-state index is -0.796. The van der Waals surface area contributed by atoms with Crippen LogP contribution in [0.15, 0.2) is 72.8 Å². The van der Waals surface area contributed by atoms with Gasteiger partial charge in [0.2, 0.25) is 5.91 Å². The van der Waals surface area contributed by atoms with Gasteiger partial charge < -0.3 is 20.1 Å². The Kier molecular flexibility index (Phi) is 8.18. The summed E-state index contributed by atoms with van der Waals surface area (Å²) in [6.07, 6.45) is -0.529. The van der Waals surface area contributed by atoms with Crippen molar-refractivity contribution in [2.24, 2.45) is 0 Å². The highest BCUT2D eigenvalue weighted by Crippen LogP contribution is 2.17. The topological polar surface area (TPSA) is 93.7 Å². The second-order valence-electron chi connectivity index (χ2n) is 7.36. The molecule has 0 aliphatic carbocycles. The summed E-state index contributed by atoms with van der Waals surface area (Å²) in [7, 11) is 0. The van der Waals surface area contributed by atoms with Gasteiger partial charge in [0.1, 0.15) is 5.75 Å². The SMILES string of the molecule is CCOC(=O)Oc1ccc(C(=O)NCc2ccccc2NC(=O)Cc2cccc(C)c2)cc1. The Morgan fingerprint density at radius 1 is 0.909 bits per heavy atom. The van der Waals surface area contributed by atoms with Crippen LogP contribution in [0.3, 0.4) is 0 Å². The molecule has 0 aromatic heterocycles. The van der Waals surface area contributed by atoms with Crippen molar-refractivity contribution >= 4 is 23.7 Å². The van der Waals surface area contributed by atoms with Gasteiger partial charge in [-0.05, 0) is 55.3 Å². The van der Waals surface area contributed by atoms with E-state index in [1.807, 2.05) is 49.4 Å². The normalized spacial score (nSPS) is 10.2. The average molecular weight is 447 g/mol. The molecule has 0 fully saturated rings. The summed E-state index contributed by atoms with van der Waals surface area (Å²) >= 11 is 0. The van der Waals surface area contributed by atoms with Gasteiger partial charge in [0.25, 0.3) is 5.91 Å². The number of benzene rings is 3. The van der Waals surface area contributed by atoms with E-state index in [0.29, 0.717) is 11.3 Å². The number of hydrogen-bond acceptors (Lipinski definition) is 5. The molecule has 3 rings (SSSR count). The van der Waals surface area contributed by atoms with Gasteiger partial charge in [-0.15, -0.1) is 0 Å². The van der Waals surface area contributed by atoms with Crippen molar-refractivity contribution in [2.45, 2.75) is 26.8 Å². The standard InChI is InChI=1S/C26H26N2O5/c1-3-32-26(31)33-22-13-11-20(12-14-22)25(30)27-17-21-9-4-5-10-23(21)28-24(29)16-19-8-6-7-18(2)15-19/h4-15H,3,16-17H2,1-2H3,(H,27,30)(H,28,29). The van der Waals surface area contributed by atoms with Crippen LogP contribution in [0, 0.1) is 6.92 Å². The molecule has 2 amide bonds. The van der Waals surface area contributed by atoms with Gasteiger partial charge >= 0.3 is 6.16 Å². The lowest BCUT2D eigenvalue weighted by atomic mass is 10.1. The van der Waals surface area contributed by atoms with E-state index < -0.39 is 6.16 Å². The predicted octanol–water partition coefficient (Wildman–Crippen LogP) is 4.64. The second kappa shape index (κ2) is 11.5. The Morgan fingerprint density at radius 2 is 1.67 bits per heavy atom. The molecule has 0 bridgehead atoms. The smallest absolute Gasteiger partial charge is 0.434 e. The third kappa shape index (κ3) is 7.21. The summed E-state index contributed by atoms with van der Waals surface area (Å²) in [6.45, 7) is 4.12. The molecule has 0 unspecified atom stereocenters.